The van der Waals surface area contributed by atoms with Gasteiger partial charge in [0.15, 0.2) is 0 Å². The maximum atomic E-state index is 11.5. The molecule has 0 aliphatic carbocycles. The molecule has 84 valence electrons. The molecule has 0 radical (unpaired) electrons. The molecular formula is C13H17NOP+. The summed E-state index contributed by atoms with van der Waals surface area (Å²) in [5, 5.41) is 0. The van der Waals surface area contributed by atoms with E-state index in [4.69, 9.17) is 0 Å². The van der Waals surface area contributed by atoms with E-state index < -0.39 is 0 Å². The SMILES string of the molecule is C=CC(=O)N1CC[C@H]([p+]2ccc(C)cc2)C1. The zero-order chi connectivity index (χ0) is 11.5. The predicted molar refractivity (Wildman–Crippen MR) is 68.7 cm³/mol. The smallest absolute Gasteiger partial charge is 0.246 e. The Bertz CT molecular complexity index is 399. The lowest BCUT2D eigenvalue weighted by Crippen LogP contribution is -2.25. The van der Waals surface area contributed by atoms with Crippen molar-refractivity contribution in [3.8, 4) is 0 Å². The molecule has 0 saturated carbocycles. The van der Waals surface area contributed by atoms with Crippen molar-refractivity contribution in [2.75, 3.05) is 13.1 Å². The summed E-state index contributed by atoms with van der Waals surface area (Å²) in [6, 6.07) is 4.40. The van der Waals surface area contributed by atoms with Crippen LogP contribution in [-0.2, 0) is 4.79 Å². The number of hydrogen-bond acceptors (Lipinski definition) is 1. The first kappa shape index (κ1) is 11.3. The van der Waals surface area contributed by atoms with Gasteiger partial charge in [-0.25, -0.2) is 0 Å². The highest BCUT2D eigenvalue weighted by atomic mass is 31.1. The third-order valence-electron chi connectivity index (χ3n) is 3.09. The van der Waals surface area contributed by atoms with E-state index in [9.17, 15) is 4.79 Å². The van der Waals surface area contributed by atoms with Gasteiger partial charge in [-0.1, -0.05) is 6.58 Å². The molecular weight excluding hydrogens is 217 g/mol. The van der Waals surface area contributed by atoms with E-state index in [2.05, 4.69) is 37.2 Å². The van der Waals surface area contributed by atoms with Crippen molar-refractivity contribution >= 4 is 13.4 Å². The van der Waals surface area contributed by atoms with E-state index in [0.717, 1.165) is 19.5 Å². The second kappa shape index (κ2) is 4.80. The highest BCUT2D eigenvalue weighted by Gasteiger charge is 2.32. The van der Waals surface area contributed by atoms with E-state index in [0.29, 0.717) is 5.66 Å². The molecule has 1 aliphatic rings. The third-order valence-corrected chi connectivity index (χ3v) is 5.34. The maximum absolute atomic E-state index is 11.5. The van der Waals surface area contributed by atoms with Gasteiger partial charge in [0, 0.05) is 13.0 Å². The number of nitrogens with zero attached hydrogens (tertiary/aromatic N) is 1. The fraction of sp³-hybridized carbons (Fsp3) is 0.385. The molecule has 1 aliphatic heterocycles. The van der Waals surface area contributed by atoms with E-state index >= 15 is 0 Å². The van der Waals surface area contributed by atoms with Crippen molar-refractivity contribution < 1.29 is 4.79 Å². The van der Waals surface area contributed by atoms with Gasteiger partial charge in [-0.05, 0) is 30.7 Å². The first-order valence-electron chi connectivity index (χ1n) is 5.59. The van der Waals surface area contributed by atoms with E-state index in [1.807, 2.05) is 4.90 Å². The lowest BCUT2D eigenvalue weighted by Gasteiger charge is -2.11. The van der Waals surface area contributed by atoms with Crippen molar-refractivity contribution in [1.29, 1.82) is 0 Å². The van der Waals surface area contributed by atoms with Gasteiger partial charge in [-0.15, -0.1) is 0 Å². The standard InChI is InChI=1S/C13H17NOP/c1-3-13(15)14-7-4-12(10-14)16-8-5-11(2)6-9-16/h3,5-6,8-9,12H,1,4,7,10H2,2H3/q+1/t12-/m0/s1. The molecule has 1 atom stereocenters. The molecule has 0 bridgehead atoms. The minimum absolute atomic E-state index is 0.0743. The molecule has 0 N–H and O–H groups in total. The molecule has 2 heterocycles. The average Bonchev–Trinajstić information content (AvgIpc) is 2.78. The summed E-state index contributed by atoms with van der Waals surface area (Å²) in [6.45, 7) is 7.43. The van der Waals surface area contributed by atoms with Crippen LogP contribution in [0.1, 0.15) is 17.6 Å². The maximum Gasteiger partial charge on any atom is 0.246 e. The van der Waals surface area contributed by atoms with Crippen molar-refractivity contribution in [1.82, 2.24) is 4.90 Å². The van der Waals surface area contributed by atoms with Crippen LogP contribution in [0, 0.1) is 6.92 Å². The molecule has 1 aromatic heterocycles. The van der Waals surface area contributed by atoms with Crippen molar-refractivity contribution in [3.63, 3.8) is 0 Å². The Morgan fingerprint density at radius 3 is 2.88 bits per heavy atom. The van der Waals surface area contributed by atoms with Crippen LogP contribution in [0.15, 0.2) is 36.4 Å². The topological polar surface area (TPSA) is 20.3 Å². The average molecular weight is 234 g/mol. The number of likely N-dealkylation sites (tertiary alicyclic amines) is 1. The van der Waals surface area contributed by atoms with Crippen LogP contribution in [0.3, 0.4) is 0 Å². The van der Waals surface area contributed by atoms with Crippen LogP contribution >= 0.6 is 7.53 Å². The Labute approximate surface area is 97.7 Å². The monoisotopic (exact) mass is 234 g/mol. The quantitative estimate of drug-likeness (QED) is 0.719. The molecule has 0 spiro atoms. The van der Waals surface area contributed by atoms with Crippen LogP contribution in [0.5, 0.6) is 0 Å². The molecule has 1 saturated heterocycles. The number of rotatable bonds is 2. The fourth-order valence-electron chi connectivity index (χ4n) is 2.07. The van der Waals surface area contributed by atoms with Gasteiger partial charge in [-0.3, -0.25) is 4.79 Å². The summed E-state index contributed by atoms with van der Waals surface area (Å²) in [6.07, 6.45) is 2.54. The third kappa shape index (κ3) is 2.33. The van der Waals surface area contributed by atoms with Gasteiger partial charge < -0.3 is 4.90 Å². The van der Waals surface area contributed by atoms with Crippen molar-refractivity contribution in [2.45, 2.75) is 19.0 Å². The largest absolute Gasteiger partial charge is 0.335 e. The zero-order valence-corrected chi connectivity index (χ0v) is 10.5. The van der Waals surface area contributed by atoms with Crippen LogP contribution in [0.2, 0.25) is 0 Å². The predicted octanol–water partition coefficient (Wildman–Crippen LogP) is 3.22. The second-order valence-electron chi connectivity index (χ2n) is 4.25. The van der Waals surface area contributed by atoms with Gasteiger partial charge in [0.1, 0.15) is 24.8 Å². The van der Waals surface area contributed by atoms with Gasteiger partial charge in [0.25, 0.3) is 0 Å². The van der Waals surface area contributed by atoms with Gasteiger partial charge >= 0.3 is 0 Å². The number of hydrogen-bond donors (Lipinski definition) is 0. The van der Waals surface area contributed by atoms with Gasteiger partial charge in [0.2, 0.25) is 5.91 Å². The summed E-state index contributed by atoms with van der Waals surface area (Å²) in [7, 11) is -0.166. The molecule has 2 nitrogen and oxygen atoms in total. The number of aryl methyl sites for hydroxylation is 1. The molecule has 1 amide bonds. The number of carbonyl (C=O) groups is 1. The summed E-state index contributed by atoms with van der Waals surface area (Å²) < 4.78 is 0. The number of amides is 1. The molecule has 1 aromatic rings. The normalized spacial score (nSPS) is 19.8. The minimum atomic E-state index is -0.166. The molecule has 2 rings (SSSR count). The highest BCUT2D eigenvalue weighted by Crippen LogP contribution is 2.44. The highest BCUT2D eigenvalue weighted by molar-refractivity contribution is 7.48. The molecule has 0 unspecified atom stereocenters. The number of carbonyl (C=O) groups excluding carboxylic acids is 1. The molecule has 0 aromatic carbocycles. The van der Waals surface area contributed by atoms with Crippen molar-refractivity contribution in [2.24, 2.45) is 0 Å². The van der Waals surface area contributed by atoms with Crippen LogP contribution in [0.25, 0.3) is 0 Å². The summed E-state index contributed by atoms with van der Waals surface area (Å²) in [4.78, 5) is 13.4. The summed E-state index contributed by atoms with van der Waals surface area (Å²) >= 11 is 0. The zero-order valence-electron chi connectivity index (χ0n) is 9.60. The molecule has 1 fully saturated rings. The lowest BCUT2D eigenvalue weighted by atomic mass is 10.3. The Hall–Kier alpha value is -1.14. The van der Waals surface area contributed by atoms with Crippen LogP contribution in [0.4, 0.5) is 0 Å². The molecule has 16 heavy (non-hydrogen) atoms. The Morgan fingerprint density at radius 1 is 1.56 bits per heavy atom. The summed E-state index contributed by atoms with van der Waals surface area (Å²) in [5.74, 6) is 4.71. The Balaban J connectivity index is 2.06. The van der Waals surface area contributed by atoms with Crippen LogP contribution in [-0.4, -0.2) is 23.9 Å². The van der Waals surface area contributed by atoms with E-state index in [-0.39, 0.29) is 13.4 Å². The first-order valence-corrected chi connectivity index (χ1v) is 7.14. The second-order valence-corrected chi connectivity index (χ2v) is 6.47. The van der Waals surface area contributed by atoms with E-state index in [1.54, 1.807) is 0 Å². The summed E-state index contributed by atoms with van der Waals surface area (Å²) in [5.41, 5.74) is 1.95. The van der Waals surface area contributed by atoms with Gasteiger partial charge in [-0.2, -0.15) is 0 Å². The van der Waals surface area contributed by atoms with Gasteiger partial charge in [0.05, 0.1) is 6.54 Å². The van der Waals surface area contributed by atoms with Crippen LogP contribution < -0.4 is 0 Å². The Morgan fingerprint density at radius 2 is 2.25 bits per heavy atom. The molecule has 3 heteroatoms. The first-order chi connectivity index (χ1) is 7.70. The fourth-order valence-corrected chi connectivity index (χ4v) is 4.27. The van der Waals surface area contributed by atoms with E-state index in [1.165, 1.54) is 11.6 Å². The minimum Gasteiger partial charge on any atom is -0.335 e. The Kier molecular flexibility index (Phi) is 3.40. The lowest BCUT2D eigenvalue weighted by molar-refractivity contribution is -0.124. The van der Waals surface area contributed by atoms with Crippen molar-refractivity contribution in [3.05, 3.63) is 41.9 Å².